The first-order valence-electron chi connectivity index (χ1n) is 10.7. The molecule has 1 aliphatic heterocycles. The highest BCUT2D eigenvalue weighted by molar-refractivity contribution is 5.87. The third-order valence-electron chi connectivity index (χ3n) is 5.83. The number of fused-ring (bicyclic) bond motifs is 1. The summed E-state index contributed by atoms with van der Waals surface area (Å²) in [5.41, 5.74) is 3.19. The molecule has 1 atom stereocenters. The number of benzene rings is 2. The highest BCUT2D eigenvalue weighted by Gasteiger charge is 2.30. The molecule has 1 heterocycles. The van der Waals surface area contributed by atoms with Crippen molar-refractivity contribution in [2.75, 3.05) is 20.8 Å². The summed E-state index contributed by atoms with van der Waals surface area (Å²) < 4.78 is 10.8. The summed E-state index contributed by atoms with van der Waals surface area (Å²) in [5, 5.41) is 5.99. The van der Waals surface area contributed by atoms with Crippen LogP contribution in [0.2, 0.25) is 0 Å². The second kappa shape index (κ2) is 9.29. The number of rotatable bonds is 7. The zero-order valence-corrected chi connectivity index (χ0v) is 18.0. The molecule has 0 bridgehead atoms. The molecule has 2 N–H and O–H groups in total. The van der Waals surface area contributed by atoms with Crippen LogP contribution in [0.4, 0.5) is 4.79 Å². The standard InChI is InChI=1S/C24H29N3O4/c1-30-21-13-17-10-11-27(15-18(17)14-22(21)31-2)24(29)26-20(23(28)25-19-8-9-19)12-16-6-4-3-5-7-16/h3-7,13-14,19-20H,8-12,15H2,1-2H3,(H,25,28)(H,26,29)/t20-/m0/s1. The fourth-order valence-electron chi connectivity index (χ4n) is 3.89. The lowest BCUT2D eigenvalue weighted by atomic mass is 9.99. The number of nitrogens with one attached hydrogen (secondary N) is 2. The van der Waals surface area contributed by atoms with Gasteiger partial charge in [0.25, 0.3) is 0 Å². The number of urea groups is 1. The molecule has 2 aliphatic rings. The van der Waals surface area contributed by atoms with E-state index in [1.165, 1.54) is 0 Å². The first-order valence-corrected chi connectivity index (χ1v) is 10.7. The highest BCUT2D eigenvalue weighted by Crippen LogP contribution is 2.33. The monoisotopic (exact) mass is 423 g/mol. The van der Waals surface area contributed by atoms with Crippen molar-refractivity contribution >= 4 is 11.9 Å². The van der Waals surface area contributed by atoms with Crippen LogP contribution in [0.3, 0.4) is 0 Å². The summed E-state index contributed by atoms with van der Waals surface area (Å²) in [7, 11) is 3.22. The van der Waals surface area contributed by atoms with Crippen LogP contribution in [0.25, 0.3) is 0 Å². The summed E-state index contributed by atoms with van der Waals surface area (Å²) in [6.45, 7) is 1.04. The molecule has 164 valence electrons. The number of methoxy groups -OCH3 is 2. The van der Waals surface area contributed by atoms with Gasteiger partial charge in [0.05, 0.1) is 14.2 Å². The normalized spacial score (nSPS) is 16.1. The molecule has 1 aliphatic carbocycles. The SMILES string of the molecule is COc1cc2c(cc1OC)CN(C(=O)N[C@@H](Cc1ccccc1)C(=O)NC1CC1)CC2. The minimum Gasteiger partial charge on any atom is -0.493 e. The predicted molar refractivity (Wildman–Crippen MR) is 117 cm³/mol. The van der Waals surface area contributed by atoms with Gasteiger partial charge >= 0.3 is 6.03 Å². The second-order valence-corrected chi connectivity index (χ2v) is 8.12. The smallest absolute Gasteiger partial charge is 0.318 e. The van der Waals surface area contributed by atoms with Crippen LogP contribution in [0.15, 0.2) is 42.5 Å². The molecule has 4 rings (SSSR count). The molecule has 1 fully saturated rings. The third-order valence-corrected chi connectivity index (χ3v) is 5.83. The van der Waals surface area contributed by atoms with Crippen molar-refractivity contribution in [1.29, 1.82) is 0 Å². The maximum atomic E-state index is 13.1. The minimum absolute atomic E-state index is 0.122. The van der Waals surface area contributed by atoms with Gasteiger partial charge in [0, 0.05) is 25.6 Å². The highest BCUT2D eigenvalue weighted by atomic mass is 16.5. The average molecular weight is 424 g/mol. The lowest BCUT2D eigenvalue weighted by molar-refractivity contribution is -0.123. The predicted octanol–water partition coefficient (Wildman–Crippen LogP) is 2.66. The van der Waals surface area contributed by atoms with Gasteiger partial charge in [0.1, 0.15) is 6.04 Å². The topological polar surface area (TPSA) is 79.9 Å². The van der Waals surface area contributed by atoms with Crippen molar-refractivity contribution in [3.05, 3.63) is 59.2 Å². The van der Waals surface area contributed by atoms with E-state index in [1.54, 1.807) is 19.1 Å². The molecule has 3 amide bonds. The molecule has 0 radical (unpaired) electrons. The Bertz CT molecular complexity index is 943. The van der Waals surface area contributed by atoms with Crippen LogP contribution in [0.1, 0.15) is 29.5 Å². The number of carbonyl (C=O) groups is 2. The molecule has 2 aromatic carbocycles. The van der Waals surface area contributed by atoms with E-state index in [-0.39, 0.29) is 18.0 Å². The Hall–Kier alpha value is -3.22. The zero-order chi connectivity index (χ0) is 21.8. The number of nitrogens with zero attached hydrogens (tertiary/aromatic N) is 1. The van der Waals surface area contributed by atoms with E-state index in [4.69, 9.17) is 9.47 Å². The first kappa shape index (κ1) is 21.0. The molecule has 0 saturated heterocycles. The van der Waals surface area contributed by atoms with Gasteiger partial charge < -0.3 is 25.0 Å². The molecular weight excluding hydrogens is 394 g/mol. The van der Waals surface area contributed by atoms with Gasteiger partial charge in [-0.15, -0.1) is 0 Å². The van der Waals surface area contributed by atoms with Crippen LogP contribution in [-0.2, 0) is 24.2 Å². The van der Waals surface area contributed by atoms with Crippen LogP contribution >= 0.6 is 0 Å². The van der Waals surface area contributed by atoms with Crippen LogP contribution in [-0.4, -0.2) is 49.7 Å². The fraction of sp³-hybridized carbons (Fsp3) is 0.417. The van der Waals surface area contributed by atoms with Crippen LogP contribution < -0.4 is 20.1 Å². The lowest BCUT2D eigenvalue weighted by Gasteiger charge is -2.31. The second-order valence-electron chi connectivity index (χ2n) is 8.12. The van der Waals surface area contributed by atoms with Gasteiger partial charge in [-0.3, -0.25) is 4.79 Å². The van der Waals surface area contributed by atoms with Gasteiger partial charge in [-0.2, -0.15) is 0 Å². The van der Waals surface area contributed by atoms with Crippen molar-refractivity contribution in [2.45, 2.75) is 44.3 Å². The quantitative estimate of drug-likeness (QED) is 0.718. The number of hydrogen-bond donors (Lipinski definition) is 2. The Balaban J connectivity index is 1.46. The lowest BCUT2D eigenvalue weighted by Crippen LogP contribution is -2.53. The summed E-state index contributed by atoms with van der Waals surface area (Å²) in [6.07, 6.45) is 3.19. The maximum Gasteiger partial charge on any atom is 0.318 e. The van der Waals surface area contributed by atoms with Crippen molar-refractivity contribution < 1.29 is 19.1 Å². The van der Waals surface area contributed by atoms with Gasteiger partial charge in [-0.05, 0) is 48.1 Å². The summed E-state index contributed by atoms with van der Waals surface area (Å²) in [6, 6.07) is 13.1. The molecule has 1 saturated carbocycles. The third kappa shape index (κ3) is 5.10. The largest absolute Gasteiger partial charge is 0.493 e. The zero-order valence-electron chi connectivity index (χ0n) is 18.0. The maximum absolute atomic E-state index is 13.1. The van der Waals surface area contributed by atoms with E-state index in [0.717, 1.165) is 36.0 Å². The van der Waals surface area contributed by atoms with E-state index >= 15 is 0 Å². The summed E-state index contributed by atoms with van der Waals surface area (Å²) in [4.78, 5) is 27.6. The first-order chi connectivity index (χ1) is 15.1. The van der Waals surface area contributed by atoms with Crippen LogP contribution in [0.5, 0.6) is 11.5 Å². The van der Waals surface area contributed by atoms with E-state index in [1.807, 2.05) is 42.5 Å². The summed E-state index contributed by atoms with van der Waals surface area (Å²) in [5.74, 6) is 1.22. The molecule has 7 nitrogen and oxygen atoms in total. The van der Waals surface area contributed by atoms with E-state index < -0.39 is 6.04 Å². The molecule has 2 aromatic rings. The number of hydrogen-bond acceptors (Lipinski definition) is 4. The van der Waals surface area contributed by atoms with E-state index in [2.05, 4.69) is 10.6 Å². The molecule has 0 unspecified atom stereocenters. The van der Waals surface area contributed by atoms with Gasteiger partial charge in [-0.1, -0.05) is 30.3 Å². The Kier molecular flexibility index (Phi) is 6.30. The molecule has 0 aromatic heterocycles. The number of carbonyl (C=O) groups excluding carboxylic acids is 2. The van der Waals surface area contributed by atoms with Gasteiger partial charge in [-0.25, -0.2) is 4.79 Å². The van der Waals surface area contributed by atoms with Crippen molar-refractivity contribution in [3.63, 3.8) is 0 Å². The van der Waals surface area contributed by atoms with Crippen LogP contribution in [0, 0.1) is 0 Å². The molecule has 7 heteroatoms. The molecule has 0 spiro atoms. The van der Waals surface area contributed by atoms with Gasteiger partial charge in [0.15, 0.2) is 11.5 Å². The molecule has 31 heavy (non-hydrogen) atoms. The van der Waals surface area contributed by atoms with Gasteiger partial charge in [0.2, 0.25) is 5.91 Å². The Morgan fingerprint density at radius 2 is 1.74 bits per heavy atom. The Labute approximate surface area is 182 Å². The van der Waals surface area contributed by atoms with Crippen molar-refractivity contribution in [1.82, 2.24) is 15.5 Å². The van der Waals surface area contributed by atoms with Crippen molar-refractivity contribution in [3.8, 4) is 11.5 Å². The Morgan fingerprint density at radius 1 is 1.06 bits per heavy atom. The summed E-state index contributed by atoms with van der Waals surface area (Å²) >= 11 is 0. The molecular formula is C24H29N3O4. The minimum atomic E-state index is -0.609. The van der Waals surface area contributed by atoms with E-state index in [9.17, 15) is 9.59 Å². The fourth-order valence-corrected chi connectivity index (χ4v) is 3.89. The van der Waals surface area contributed by atoms with E-state index in [0.29, 0.717) is 31.0 Å². The average Bonchev–Trinajstić information content (AvgIpc) is 3.61. The van der Waals surface area contributed by atoms with Crippen molar-refractivity contribution in [2.24, 2.45) is 0 Å². The number of amides is 3. The Morgan fingerprint density at radius 3 is 2.39 bits per heavy atom. The number of ether oxygens (including phenoxy) is 2.